The van der Waals surface area contributed by atoms with Crippen molar-refractivity contribution in [3.05, 3.63) is 46.2 Å². The van der Waals surface area contributed by atoms with E-state index in [2.05, 4.69) is 24.0 Å². The van der Waals surface area contributed by atoms with Crippen molar-refractivity contribution in [1.82, 2.24) is 14.7 Å². The van der Waals surface area contributed by atoms with E-state index in [0.29, 0.717) is 0 Å². The summed E-state index contributed by atoms with van der Waals surface area (Å²) in [6.45, 7) is 3.60. The van der Waals surface area contributed by atoms with Crippen LogP contribution in [0.3, 0.4) is 0 Å². The fourth-order valence-electron chi connectivity index (χ4n) is 2.27. The van der Waals surface area contributed by atoms with Gasteiger partial charge in [-0.25, -0.2) is 0 Å². The molecule has 1 aromatic heterocycles. The van der Waals surface area contributed by atoms with Gasteiger partial charge in [-0.3, -0.25) is 9.58 Å². The summed E-state index contributed by atoms with van der Waals surface area (Å²) >= 11 is 6.37. The first-order valence-corrected chi connectivity index (χ1v) is 7.12. The number of rotatable bonds is 5. The number of anilines is 1. The van der Waals surface area contributed by atoms with Crippen LogP contribution in [0.15, 0.2) is 24.3 Å². The Morgan fingerprint density at radius 3 is 2.60 bits per heavy atom. The van der Waals surface area contributed by atoms with E-state index in [9.17, 15) is 0 Å². The minimum absolute atomic E-state index is 0.747. The SMILES string of the molecule is CCc1nn(C)c(CN(C)Cc2ccccc2N)c1Cl. The molecule has 0 fully saturated rings. The molecule has 0 bridgehead atoms. The quantitative estimate of drug-likeness (QED) is 0.862. The summed E-state index contributed by atoms with van der Waals surface area (Å²) in [6, 6.07) is 7.93. The maximum absolute atomic E-state index is 6.37. The monoisotopic (exact) mass is 292 g/mol. The van der Waals surface area contributed by atoms with Crippen LogP contribution in [0.4, 0.5) is 5.69 Å². The van der Waals surface area contributed by atoms with Crippen LogP contribution >= 0.6 is 11.6 Å². The van der Waals surface area contributed by atoms with Gasteiger partial charge in [0.2, 0.25) is 0 Å². The fraction of sp³-hybridized carbons (Fsp3) is 0.400. The van der Waals surface area contributed by atoms with E-state index in [1.165, 1.54) is 0 Å². The molecular formula is C15H21ClN4. The van der Waals surface area contributed by atoms with Crippen molar-refractivity contribution < 1.29 is 0 Å². The smallest absolute Gasteiger partial charge is 0.0863 e. The molecule has 0 radical (unpaired) electrons. The van der Waals surface area contributed by atoms with Crippen molar-refractivity contribution in [3.8, 4) is 0 Å². The highest BCUT2D eigenvalue weighted by Crippen LogP contribution is 2.23. The highest BCUT2D eigenvalue weighted by atomic mass is 35.5. The van der Waals surface area contributed by atoms with Crippen LogP contribution in [0.1, 0.15) is 23.9 Å². The molecule has 0 aliphatic rings. The first-order chi connectivity index (χ1) is 9.52. The van der Waals surface area contributed by atoms with E-state index in [-0.39, 0.29) is 0 Å². The van der Waals surface area contributed by atoms with E-state index in [1.807, 2.05) is 36.0 Å². The molecule has 1 aromatic carbocycles. The average molecular weight is 293 g/mol. The second-order valence-electron chi connectivity index (χ2n) is 5.06. The Hall–Kier alpha value is -1.52. The lowest BCUT2D eigenvalue weighted by Crippen LogP contribution is -2.20. The molecule has 2 N–H and O–H groups in total. The van der Waals surface area contributed by atoms with Crippen molar-refractivity contribution in [2.24, 2.45) is 7.05 Å². The van der Waals surface area contributed by atoms with Crippen molar-refractivity contribution in [2.45, 2.75) is 26.4 Å². The highest BCUT2D eigenvalue weighted by Gasteiger charge is 2.15. The molecule has 2 aromatic rings. The van der Waals surface area contributed by atoms with Crippen LogP contribution in [0.25, 0.3) is 0 Å². The van der Waals surface area contributed by atoms with E-state index in [4.69, 9.17) is 17.3 Å². The summed E-state index contributed by atoms with van der Waals surface area (Å²) in [4.78, 5) is 2.19. The number of nitrogen functional groups attached to an aromatic ring is 1. The average Bonchev–Trinajstić information content (AvgIpc) is 2.69. The first kappa shape index (κ1) is 14.9. The molecule has 2 rings (SSSR count). The molecule has 1 heterocycles. The van der Waals surface area contributed by atoms with Crippen LogP contribution in [-0.2, 0) is 26.6 Å². The van der Waals surface area contributed by atoms with Crippen LogP contribution in [0.5, 0.6) is 0 Å². The maximum atomic E-state index is 6.37. The molecule has 4 nitrogen and oxygen atoms in total. The fourth-order valence-corrected chi connectivity index (χ4v) is 2.63. The van der Waals surface area contributed by atoms with Gasteiger partial charge >= 0.3 is 0 Å². The molecule has 20 heavy (non-hydrogen) atoms. The summed E-state index contributed by atoms with van der Waals surface area (Å²) in [6.07, 6.45) is 0.849. The second-order valence-corrected chi connectivity index (χ2v) is 5.43. The summed E-state index contributed by atoms with van der Waals surface area (Å²) in [5.41, 5.74) is 9.93. The molecule has 0 atom stereocenters. The van der Waals surface area contributed by atoms with Gasteiger partial charge in [0, 0.05) is 25.8 Å². The number of para-hydroxylation sites is 1. The zero-order valence-electron chi connectivity index (χ0n) is 12.2. The molecule has 0 saturated heterocycles. The molecular weight excluding hydrogens is 272 g/mol. The number of nitrogens with zero attached hydrogens (tertiary/aromatic N) is 3. The van der Waals surface area contributed by atoms with Gasteiger partial charge in [-0.1, -0.05) is 36.7 Å². The Labute approximate surface area is 125 Å². The normalized spacial score (nSPS) is 11.2. The number of hydrogen-bond donors (Lipinski definition) is 1. The first-order valence-electron chi connectivity index (χ1n) is 6.75. The van der Waals surface area contributed by atoms with Gasteiger partial charge in [0.1, 0.15) is 0 Å². The van der Waals surface area contributed by atoms with Crippen LogP contribution in [0, 0.1) is 0 Å². The van der Waals surface area contributed by atoms with E-state index >= 15 is 0 Å². The number of aromatic nitrogens is 2. The third kappa shape index (κ3) is 3.14. The molecule has 5 heteroatoms. The lowest BCUT2D eigenvalue weighted by molar-refractivity contribution is 0.310. The maximum Gasteiger partial charge on any atom is 0.0863 e. The summed E-state index contributed by atoms with van der Waals surface area (Å²) in [5.74, 6) is 0. The van der Waals surface area contributed by atoms with Gasteiger partial charge in [-0.15, -0.1) is 0 Å². The molecule has 0 unspecified atom stereocenters. The number of halogens is 1. The Kier molecular flexibility index (Phi) is 4.68. The minimum Gasteiger partial charge on any atom is -0.398 e. The Balaban J connectivity index is 2.11. The summed E-state index contributed by atoms with van der Waals surface area (Å²) in [7, 11) is 3.99. The molecule has 0 amide bonds. The lowest BCUT2D eigenvalue weighted by Gasteiger charge is -2.18. The van der Waals surface area contributed by atoms with Crippen LogP contribution in [0.2, 0.25) is 5.02 Å². The minimum atomic E-state index is 0.747. The zero-order valence-corrected chi connectivity index (χ0v) is 13.0. The van der Waals surface area contributed by atoms with Gasteiger partial charge in [0.25, 0.3) is 0 Å². The standard InChI is InChI=1S/C15H21ClN4/c1-4-13-15(16)14(20(3)18-13)10-19(2)9-11-7-5-6-8-12(11)17/h5-8H,4,9-10,17H2,1-3H3. The summed E-state index contributed by atoms with van der Waals surface area (Å²) < 4.78 is 1.87. The second kappa shape index (κ2) is 6.29. The van der Waals surface area contributed by atoms with Gasteiger partial charge in [-0.2, -0.15) is 5.10 Å². The lowest BCUT2D eigenvalue weighted by atomic mass is 10.1. The predicted octanol–water partition coefficient (Wildman–Crippen LogP) is 2.85. The van der Waals surface area contributed by atoms with E-state index in [0.717, 1.165) is 47.2 Å². The van der Waals surface area contributed by atoms with Crippen molar-refractivity contribution in [2.75, 3.05) is 12.8 Å². The van der Waals surface area contributed by atoms with Crippen LogP contribution in [-0.4, -0.2) is 21.7 Å². The number of benzene rings is 1. The molecule has 0 saturated carbocycles. The molecule has 108 valence electrons. The van der Waals surface area contributed by atoms with Crippen molar-refractivity contribution >= 4 is 17.3 Å². The largest absolute Gasteiger partial charge is 0.398 e. The molecule has 0 aliphatic heterocycles. The Morgan fingerprint density at radius 1 is 1.30 bits per heavy atom. The Morgan fingerprint density at radius 2 is 2.00 bits per heavy atom. The van der Waals surface area contributed by atoms with E-state index < -0.39 is 0 Å². The zero-order chi connectivity index (χ0) is 14.7. The third-order valence-corrected chi connectivity index (χ3v) is 3.85. The summed E-state index contributed by atoms with van der Waals surface area (Å²) in [5, 5.41) is 5.22. The molecule has 0 spiro atoms. The van der Waals surface area contributed by atoms with Crippen molar-refractivity contribution in [1.29, 1.82) is 0 Å². The third-order valence-electron chi connectivity index (χ3n) is 3.42. The van der Waals surface area contributed by atoms with Crippen LogP contribution < -0.4 is 5.73 Å². The van der Waals surface area contributed by atoms with E-state index in [1.54, 1.807) is 0 Å². The van der Waals surface area contributed by atoms with Gasteiger partial charge in [-0.05, 0) is 25.1 Å². The predicted molar refractivity (Wildman–Crippen MR) is 83.6 cm³/mol. The van der Waals surface area contributed by atoms with Gasteiger partial charge in [0.05, 0.1) is 16.4 Å². The Bertz CT molecular complexity index is 592. The topological polar surface area (TPSA) is 47.1 Å². The van der Waals surface area contributed by atoms with Crippen molar-refractivity contribution in [3.63, 3.8) is 0 Å². The van der Waals surface area contributed by atoms with Gasteiger partial charge in [0.15, 0.2) is 0 Å². The molecule has 0 aliphatic carbocycles. The number of aryl methyl sites for hydroxylation is 2. The number of hydrogen-bond acceptors (Lipinski definition) is 3. The highest BCUT2D eigenvalue weighted by molar-refractivity contribution is 6.31. The van der Waals surface area contributed by atoms with Gasteiger partial charge < -0.3 is 5.73 Å². The number of nitrogens with two attached hydrogens (primary N) is 1.